The van der Waals surface area contributed by atoms with Gasteiger partial charge in [-0.05, 0) is 92.1 Å². The molecular formula is C32H32ClN3O3. The van der Waals surface area contributed by atoms with E-state index in [1.165, 1.54) is 0 Å². The number of aromatic nitrogens is 1. The number of nitrogens with zero attached hydrogens (tertiary/aromatic N) is 3. The largest absolute Gasteiger partial charge is 0.494 e. The van der Waals surface area contributed by atoms with Crippen molar-refractivity contribution in [1.82, 2.24) is 4.57 Å². The van der Waals surface area contributed by atoms with Crippen molar-refractivity contribution < 1.29 is 14.3 Å². The Bertz CT molecular complexity index is 1420. The molecule has 0 bridgehead atoms. The minimum atomic E-state index is -0.207. The molecule has 2 amide bonds. The molecule has 0 aliphatic carbocycles. The van der Waals surface area contributed by atoms with E-state index in [-0.39, 0.29) is 23.9 Å². The molecule has 1 aromatic heterocycles. The lowest BCUT2D eigenvalue weighted by Gasteiger charge is -2.43. The highest BCUT2D eigenvalue weighted by Gasteiger charge is 2.38. The number of benzene rings is 3. The third-order valence-electron chi connectivity index (χ3n) is 7.13. The quantitative estimate of drug-likeness (QED) is 0.223. The Morgan fingerprint density at radius 1 is 0.949 bits per heavy atom. The summed E-state index contributed by atoms with van der Waals surface area (Å²) in [6.07, 6.45) is 5.58. The highest BCUT2D eigenvalue weighted by atomic mass is 35.5. The van der Waals surface area contributed by atoms with Crippen LogP contribution in [0.2, 0.25) is 5.02 Å². The van der Waals surface area contributed by atoms with Crippen LogP contribution in [0.1, 0.15) is 48.7 Å². The van der Waals surface area contributed by atoms with Crippen LogP contribution in [0.15, 0.2) is 97.3 Å². The van der Waals surface area contributed by atoms with Crippen molar-refractivity contribution in [3.05, 3.63) is 113 Å². The van der Waals surface area contributed by atoms with E-state index in [0.29, 0.717) is 23.6 Å². The highest BCUT2D eigenvalue weighted by Crippen LogP contribution is 2.43. The Balaban J connectivity index is 1.33. The van der Waals surface area contributed by atoms with E-state index in [0.717, 1.165) is 35.7 Å². The van der Waals surface area contributed by atoms with Gasteiger partial charge in [-0.2, -0.15) is 0 Å². The minimum absolute atomic E-state index is 0.0620. The molecular weight excluding hydrogens is 510 g/mol. The van der Waals surface area contributed by atoms with Crippen LogP contribution in [0.4, 0.5) is 11.4 Å². The number of hydrogen-bond acceptors (Lipinski definition) is 3. The summed E-state index contributed by atoms with van der Waals surface area (Å²) < 4.78 is 8.01. The molecule has 0 radical (unpaired) electrons. The predicted molar refractivity (Wildman–Crippen MR) is 156 cm³/mol. The smallest absolute Gasteiger partial charge is 0.258 e. The minimum Gasteiger partial charge on any atom is -0.494 e. The fourth-order valence-electron chi connectivity index (χ4n) is 5.31. The first-order valence-corrected chi connectivity index (χ1v) is 13.6. The second kappa shape index (κ2) is 11.8. The van der Waals surface area contributed by atoms with Crippen LogP contribution in [0.25, 0.3) is 0 Å². The maximum absolute atomic E-state index is 13.8. The standard InChI is InChI=1S/C32H32ClN3O3/c1-23-22-31(36(24(2)37)27-14-12-26(33)13-15-27)29-8-3-4-9-30(29)35(23)32(38)25-10-16-28(17-11-25)39-21-7-20-34-18-5-6-19-34/h3-6,8-19,23,31H,7,20-22H2,1-2H3. The average molecular weight is 542 g/mol. The van der Waals surface area contributed by atoms with E-state index in [1.807, 2.05) is 97.0 Å². The second-order valence-electron chi connectivity index (χ2n) is 9.85. The van der Waals surface area contributed by atoms with Crippen LogP contribution in [-0.4, -0.2) is 29.0 Å². The van der Waals surface area contributed by atoms with Gasteiger partial charge in [-0.3, -0.25) is 9.59 Å². The lowest BCUT2D eigenvalue weighted by Crippen LogP contribution is -2.47. The van der Waals surface area contributed by atoms with Crippen LogP contribution in [0.3, 0.4) is 0 Å². The Morgan fingerprint density at radius 3 is 2.33 bits per heavy atom. The summed E-state index contributed by atoms with van der Waals surface area (Å²) in [5, 5.41) is 0.616. The Hall–Kier alpha value is -4.03. The molecule has 200 valence electrons. The Kier molecular flexibility index (Phi) is 8.03. The number of hydrogen-bond donors (Lipinski definition) is 0. The lowest BCUT2D eigenvalue weighted by atomic mass is 9.89. The normalized spacial score (nSPS) is 16.4. The van der Waals surface area contributed by atoms with Crippen molar-refractivity contribution in [3.8, 4) is 5.75 Å². The number of rotatable bonds is 8. The fraction of sp³-hybridized carbons (Fsp3) is 0.250. The molecule has 6 nitrogen and oxygen atoms in total. The first-order chi connectivity index (χ1) is 18.9. The Morgan fingerprint density at radius 2 is 1.64 bits per heavy atom. The number of carbonyl (C=O) groups is 2. The molecule has 2 heterocycles. The molecule has 0 saturated heterocycles. The van der Waals surface area contributed by atoms with Crippen LogP contribution >= 0.6 is 11.6 Å². The predicted octanol–water partition coefficient (Wildman–Crippen LogP) is 7.14. The molecule has 1 aliphatic heterocycles. The summed E-state index contributed by atoms with van der Waals surface area (Å²) in [4.78, 5) is 30.3. The molecule has 7 heteroatoms. The van der Waals surface area contributed by atoms with Crippen LogP contribution in [0, 0.1) is 0 Å². The van der Waals surface area contributed by atoms with E-state index in [9.17, 15) is 9.59 Å². The van der Waals surface area contributed by atoms with E-state index in [2.05, 4.69) is 4.57 Å². The summed E-state index contributed by atoms with van der Waals surface area (Å²) in [5.74, 6) is 0.604. The molecule has 0 fully saturated rings. The molecule has 5 rings (SSSR count). The lowest BCUT2D eigenvalue weighted by molar-refractivity contribution is -0.117. The number of halogens is 1. The zero-order valence-corrected chi connectivity index (χ0v) is 22.9. The number of aryl methyl sites for hydroxylation is 1. The maximum Gasteiger partial charge on any atom is 0.258 e. The third kappa shape index (κ3) is 5.86. The number of anilines is 2. The van der Waals surface area contributed by atoms with Gasteiger partial charge < -0.3 is 19.1 Å². The summed E-state index contributed by atoms with van der Waals surface area (Å²) in [6, 6.07) is 26.2. The van der Waals surface area contributed by atoms with E-state index in [1.54, 1.807) is 24.0 Å². The third-order valence-corrected chi connectivity index (χ3v) is 7.38. The van der Waals surface area contributed by atoms with Gasteiger partial charge in [0.15, 0.2) is 0 Å². The van der Waals surface area contributed by atoms with Crippen molar-refractivity contribution >= 4 is 34.8 Å². The van der Waals surface area contributed by atoms with Gasteiger partial charge in [0.2, 0.25) is 5.91 Å². The molecule has 0 spiro atoms. The van der Waals surface area contributed by atoms with Gasteiger partial charge in [-0.15, -0.1) is 0 Å². The average Bonchev–Trinajstić information content (AvgIpc) is 3.46. The molecule has 0 saturated carbocycles. The summed E-state index contributed by atoms with van der Waals surface area (Å²) in [5.41, 5.74) is 3.13. The van der Waals surface area contributed by atoms with Crippen LogP contribution in [0.5, 0.6) is 5.75 Å². The number of ether oxygens (including phenoxy) is 1. The number of para-hydroxylation sites is 1. The zero-order chi connectivity index (χ0) is 27.4. The SMILES string of the molecule is CC(=O)N(c1ccc(Cl)cc1)C1CC(C)N(C(=O)c2ccc(OCCCn3cccc3)cc2)c2ccccc21. The molecule has 3 aromatic carbocycles. The van der Waals surface area contributed by atoms with Gasteiger partial charge in [0, 0.05) is 53.9 Å². The van der Waals surface area contributed by atoms with E-state index >= 15 is 0 Å². The van der Waals surface area contributed by atoms with E-state index < -0.39 is 0 Å². The molecule has 2 unspecified atom stereocenters. The van der Waals surface area contributed by atoms with Crippen molar-refractivity contribution in [2.45, 2.75) is 45.3 Å². The van der Waals surface area contributed by atoms with Crippen molar-refractivity contribution in [2.75, 3.05) is 16.4 Å². The van der Waals surface area contributed by atoms with Gasteiger partial charge in [-0.25, -0.2) is 0 Å². The maximum atomic E-state index is 13.8. The number of carbonyl (C=O) groups excluding carboxylic acids is 2. The summed E-state index contributed by atoms with van der Waals surface area (Å²) in [6.45, 7) is 5.10. The topological polar surface area (TPSA) is 54.8 Å². The second-order valence-corrected chi connectivity index (χ2v) is 10.3. The molecule has 4 aromatic rings. The monoisotopic (exact) mass is 541 g/mol. The molecule has 39 heavy (non-hydrogen) atoms. The molecule has 2 atom stereocenters. The van der Waals surface area contributed by atoms with Crippen molar-refractivity contribution in [1.29, 1.82) is 0 Å². The van der Waals surface area contributed by atoms with Gasteiger partial charge in [0.25, 0.3) is 5.91 Å². The summed E-state index contributed by atoms with van der Waals surface area (Å²) in [7, 11) is 0. The van der Waals surface area contributed by atoms with Gasteiger partial charge in [-0.1, -0.05) is 29.8 Å². The number of fused-ring (bicyclic) bond motifs is 1. The zero-order valence-electron chi connectivity index (χ0n) is 22.2. The summed E-state index contributed by atoms with van der Waals surface area (Å²) >= 11 is 6.10. The van der Waals surface area contributed by atoms with Crippen molar-refractivity contribution in [3.63, 3.8) is 0 Å². The van der Waals surface area contributed by atoms with E-state index in [4.69, 9.17) is 16.3 Å². The number of amides is 2. The first kappa shape index (κ1) is 26.6. The Labute approximate surface area is 234 Å². The van der Waals surface area contributed by atoms with Crippen molar-refractivity contribution in [2.24, 2.45) is 0 Å². The fourth-order valence-corrected chi connectivity index (χ4v) is 5.43. The van der Waals surface area contributed by atoms with Crippen LogP contribution < -0.4 is 14.5 Å². The molecule has 1 aliphatic rings. The van der Waals surface area contributed by atoms with Gasteiger partial charge in [0.1, 0.15) is 5.75 Å². The molecule has 0 N–H and O–H groups in total. The van der Waals surface area contributed by atoms with Gasteiger partial charge in [0.05, 0.1) is 12.6 Å². The van der Waals surface area contributed by atoms with Gasteiger partial charge >= 0.3 is 0 Å². The highest BCUT2D eigenvalue weighted by molar-refractivity contribution is 6.30. The first-order valence-electron chi connectivity index (χ1n) is 13.2. The van der Waals surface area contributed by atoms with Crippen LogP contribution in [-0.2, 0) is 11.3 Å².